The van der Waals surface area contributed by atoms with Gasteiger partial charge in [0.2, 0.25) is 0 Å². The first-order valence-corrected chi connectivity index (χ1v) is 8.32. The third kappa shape index (κ3) is 4.89. The molecule has 2 aromatic carbocycles. The van der Waals surface area contributed by atoms with Crippen LogP contribution in [-0.2, 0) is 0 Å². The van der Waals surface area contributed by atoms with E-state index in [1.54, 1.807) is 12.1 Å². The second-order valence-electron chi connectivity index (χ2n) is 6.28. The van der Waals surface area contributed by atoms with Crippen molar-refractivity contribution in [3.05, 3.63) is 60.2 Å². The Balaban J connectivity index is 1.57. The molecule has 1 heterocycles. The fraction of sp³-hybridized carbons (Fsp3) is 0.368. The number of nitrogens with one attached hydrogen (secondary N) is 1. The zero-order valence-electron chi connectivity index (χ0n) is 14.0. The van der Waals surface area contributed by atoms with E-state index in [9.17, 15) is 13.2 Å². The highest BCUT2D eigenvalue weighted by Gasteiger charge is 2.31. The molecule has 6 heteroatoms. The summed E-state index contributed by atoms with van der Waals surface area (Å²) in [5.74, 6) is -0.187. The van der Waals surface area contributed by atoms with E-state index >= 15 is 0 Å². The van der Waals surface area contributed by atoms with Crippen molar-refractivity contribution in [2.45, 2.75) is 31.8 Å². The minimum absolute atomic E-state index is 0.141. The lowest BCUT2D eigenvalue weighted by Gasteiger charge is -2.25. The van der Waals surface area contributed by atoms with Gasteiger partial charge < -0.3 is 10.1 Å². The third-order valence-electron chi connectivity index (χ3n) is 4.51. The maximum absolute atomic E-state index is 12.2. The number of halogens is 3. The normalized spacial score (nSPS) is 19.6. The fourth-order valence-electron chi connectivity index (χ4n) is 3.19. The van der Waals surface area contributed by atoms with Gasteiger partial charge in [-0.2, -0.15) is 0 Å². The van der Waals surface area contributed by atoms with Crippen LogP contribution in [0.2, 0.25) is 0 Å². The van der Waals surface area contributed by atoms with Gasteiger partial charge in [-0.1, -0.05) is 30.3 Å². The van der Waals surface area contributed by atoms with Crippen LogP contribution < -0.4 is 10.1 Å². The summed E-state index contributed by atoms with van der Waals surface area (Å²) < 4.78 is 40.6. The molecule has 0 spiro atoms. The van der Waals surface area contributed by atoms with Crippen molar-refractivity contribution >= 4 is 5.69 Å². The summed E-state index contributed by atoms with van der Waals surface area (Å²) in [6.45, 7) is 3.92. The van der Waals surface area contributed by atoms with Crippen LogP contribution in [-0.4, -0.2) is 30.4 Å². The fourth-order valence-corrected chi connectivity index (χ4v) is 3.19. The van der Waals surface area contributed by atoms with Crippen molar-refractivity contribution in [3.63, 3.8) is 0 Å². The second kappa shape index (κ2) is 7.35. The van der Waals surface area contributed by atoms with Gasteiger partial charge in [0.25, 0.3) is 0 Å². The Morgan fingerprint density at radius 2 is 1.76 bits per heavy atom. The van der Waals surface area contributed by atoms with Crippen molar-refractivity contribution < 1.29 is 17.9 Å². The van der Waals surface area contributed by atoms with Crippen LogP contribution in [0, 0.1) is 0 Å². The van der Waals surface area contributed by atoms with Gasteiger partial charge in [-0.15, -0.1) is 13.2 Å². The number of anilines is 1. The van der Waals surface area contributed by atoms with Gasteiger partial charge in [0.15, 0.2) is 0 Å². The van der Waals surface area contributed by atoms with E-state index in [0.29, 0.717) is 6.04 Å². The highest BCUT2D eigenvalue weighted by Crippen LogP contribution is 2.29. The summed E-state index contributed by atoms with van der Waals surface area (Å²) in [5.41, 5.74) is 2.09. The monoisotopic (exact) mass is 350 g/mol. The van der Waals surface area contributed by atoms with E-state index in [0.717, 1.165) is 30.8 Å². The van der Waals surface area contributed by atoms with Gasteiger partial charge in [-0.3, -0.25) is 4.90 Å². The molecule has 0 radical (unpaired) electrons. The van der Waals surface area contributed by atoms with Gasteiger partial charge in [0.1, 0.15) is 5.75 Å². The van der Waals surface area contributed by atoms with Crippen molar-refractivity contribution in [1.29, 1.82) is 0 Å². The van der Waals surface area contributed by atoms with Crippen LogP contribution >= 0.6 is 0 Å². The molecule has 134 valence electrons. The van der Waals surface area contributed by atoms with Crippen LogP contribution in [0.15, 0.2) is 54.6 Å². The molecule has 3 nitrogen and oxygen atoms in total. The van der Waals surface area contributed by atoms with Crippen LogP contribution in [0.3, 0.4) is 0 Å². The first-order chi connectivity index (χ1) is 11.9. The molecule has 3 rings (SSSR count). The van der Waals surface area contributed by atoms with Crippen molar-refractivity contribution in [2.75, 3.05) is 18.4 Å². The number of para-hydroxylation sites is 1. The minimum atomic E-state index is -4.65. The number of likely N-dealkylation sites (tertiary alicyclic amines) is 1. The molecule has 0 saturated carbocycles. The van der Waals surface area contributed by atoms with Crippen LogP contribution in [0.5, 0.6) is 5.75 Å². The van der Waals surface area contributed by atoms with Crippen LogP contribution in [0.4, 0.5) is 18.9 Å². The predicted molar refractivity (Wildman–Crippen MR) is 91.6 cm³/mol. The van der Waals surface area contributed by atoms with Crippen molar-refractivity contribution in [2.24, 2.45) is 0 Å². The Morgan fingerprint density at radius 1 is 1.08 bits per heavy atom. The molecule has 25 heavy (non-hydrogen) atoms. The topological polar surface area (TPSA) is 24.5 Å². The number of rotatable bonds is 5. The SMILES string of the molecule is CC(c1ccc(OC(F)(F)F)cc1)N1CCC(Nc2ccccc2)C1. The average Bonchev–Trinajstić information content (AvgIpc) is 3.03. The summed E-state index contributed by atoms with van der Waals surface area (Å²) in [6, 6.07) is 16.7. The highest BCUT2D eigenvalue weighted by molar-refractivity contribution is 5.43. The quantitative estimate of drug-likeness (QED) is 0.836. The molecule has 1 aliphatic rings. The average molecular weight is 350 g/mol. The molecule has 0 aliphatic carbocycles. The summed E-state index contributed by atoms with van der Waals surface area (Å²) in [6.07, 6.45) is -3.62. The first-order valence-electron chi connectivity index (χ1n) is 8.32. The molecule has 1 aliphatic heterocycles. The van der Waals surface area contributed by atoms with Crippen molar-refractivity contribution in [3.8, 4) is 5.75 Å². The Labute approximate surface area is 145 Å². The van der Waals surface area contributed by atoms with Gasteiger partial charge in [-0.25, -0.2) is 0 Å². The number of hydrogen-bond acceptors (Lipinski definition) is 3. The first kappa shape index (κ1) is 17.6. The summed E-state index contributed by atoms with van der Waals surface area (Å²) >= 11 is 0. The molecule has 1 fully saturated rings. The predicted octanol–water partition coefficient (Wildman–Crippen LogP) is 4.83. The molecule has 2 atom stereocenters. The van der Waals surface area contributed by atoms with Crippen LogP contribution in [0.1, 0.15) is 24.9 Å². The lowest BCUT2D eigenvalue weighted by molar-refractivity contribution is -0.274. The Bertz CT molecular complexity index is 673. The van der Waals surface area contributed by atoms with E-state index < -0.39 is 6.36 Å². The molecule has 0 aromatic heterocycles. The maximum Gasteiger partial charge on any atom is 0.573 e. The molecule has 0 amide bonds. The largest absolute Gasteiger partial charge is 0.573 e. The molecule has 0 bridgehead atoms. The number of hydrogen-bond donors (Lipinski definition) is 1. The summed E-state index contributed by atoms with van der Waals surface area (Å²) in [5, 5.41) is 3.53. The van der Waals surface area contributed by atoms with E-state index in [4.69, 9.17) is 0 Å². The molecule has 2 aromatic rings. The smallest absolute Gasteiger partial charge is 0.406 e. The van der Waals surface area contributed by atoms with Crippen molar-refractivity contribution in [1.82, 2.24) is 4.90 Å². The van der Waals surface area contributed by atoms with Gasteiger partial charge in [0, 0.05) is 30.9 Å². The molecular weight excluding hydrogens is 329 g/mol. The van der Waals surface area contributed by atoms with E-state index in [1.807, 2.05) is 30.3 Å². The number of alkyl halides is 3. The molecule has 1 saturated heterocycles. The summed E-state index contributed by atoms with van der Waals surface area (Å²) in [7, 11) is 0. The van der Waals surface area contributed by atoms with Crippen LogP contribution in [0.25, 0.3) is 0 Å². The van der Waals surface area contributed by atoms with Gasteiger partial charge >= 0.3 is 6.36 Å². The zero-order valence-corrected chi connectivity index (χ0v) is 14.0. The minimum Gasteiger partial charge on any atom is -0.406 e. The third-order valence-corrected chi connectivity index (χ3v) is 4.51. The molecular formula is C19H21F3N2O. The van der Waals surface area contributed by atoms with Gasteiger partial charge in [-0.05, 0) is 43.2 Å². The highest BCUT2D eigenvalue weighted by atomic mass is 19.4. The Kier molecular flexibility index (Phi) is 5.18. The Morgan fingerprint density at radius 3 is 2.40 bits per heavy atom. The summed E-state index contributed by atoms with van der Waals surface area (Å²) in [4.78, 5) is 2.33. The number of benzene rings is 2. The Hall–Kier alpha value is -2.21. The molecule has 2 unspecified atom stereocenters. The van der Waals surface area contributed by atoms with E-state index in [1.165, 1.54) is 12.1 Å². The number of nitrogens with zero attached hydrogens (tertiary/aromatic N) is 1. The van der Waals surface area contributed by atoms with E-state index in [-0.39, 0.29) is 11.8 Å². The lowest BCUT2D eigenvalue weighted by atomic mass is 10.1. The standard InChI is InChI=1S/C19H21F3N2O/c1-14(15-7-9-18(10-8-15)25-19(20,21)22)24-12-11-17(13-24)23-16-5-3-2-4-6-16/h2-10,14,17,23H,11-13H2,1H3. The maximum atomic E-state index is 12.2. The lowest BCUT2D eigenvalue weighted by Crippen LogP contribution is -2.28. The van der Waals surface area contributed by atoms with Gasteiger partial charge in [0.05, 0.1) is 0 Å². The van der Waals surface area contributed by atoms with E-state index in [2.05, 4.69) is 21.9 Å². The molecule has 1 N–H and O–H groups in total. The number of ether oxygens (including phenoxy) is 1. The second-order valence-corrected chi connectivity index (χ2v) is 6.28. The zero-order chi connectivity index (χ0) is 17.9.